The van der Waals surface area contributed by atoms with Crippen LogP contribution < -0.4 is 14.8 Å². The summed E-state index contributed by atoms with van der Waals surface area (Å²) in [6.45, 7) is 0. The quantitative estimate of drug-likeness (QED) is 0.900. The van der Waals surface area contributed by atoms with Crippen molar-refractivity contribution in [2.75, 3.05) is 5.32 Å². The Morgan fingerprint density at radius 3 is 2.62 bits per heavy atom. The Balaban J connectivity index is 1.89. The largest absolute Gasteiger partial charge is 0.586 e. The second-order valence-corrected chi connectivity index (χ2v) is 4.69. The van der Waals surface area contributed by atoms with E-state index in [9.17, 15) is 8.78 Å². The monoisotopic (exact) mass is 308 g/mol. The summed E-state index contributed by atoms with van der Waals surface area (Å²) in [4.78, 5) is 0. The van der Waals surface area contributed by atoms with Crippen molar-refractivity contribution in [3.63, 3.8) is 0 Å². The SMILES string of the molecule is N#Cc1cc(Cl)ccc1Nc1ccc2c(c1)OC(F)(F)O2. The summed E-state index contributed by atoms with van der Waals surface area (Å²) < 4.78 is 34.5. The Morgan fingerprint density at radius 2 is 1.86 bits per heavy atom. The highest BCUT2D eigenvalue weighted by Gasteiger charge is 2.43. The van der Waals surface area contributed by atoms with Crippen LogP contribution in [0.2, 0.25) is 5.02 Å². The van der Waals surface area contributed by atoms with Crippen LogP contribution in [0.3, 0.4) is 0 Å². The summed E-state index contributed by atoms with van der Waals surface area (Å²) in [5.41, 5.74) is 1.33. The fourth-order valence-electron chi connectivity index (χ4n) is 1.90. The molecule has 4 nitrogen and oxygen atoms in total. The molecule has 7 heteroatoms. The van der Waals surface area contributed by atoms with E-state index in [4.69, 9.17) is 16.9 Å². The van der Waals surface area contributed by atoms with E-state index in [2.05, 4.69) is 14.8 Å². The molecule has 1 N–H and O–H groups in total. The highest BCUT2D eigenvalue weighted by molar-refractivity contribution is 6.30. The normalized spacial score (nSPS) is 14.6. The lowest BCUT2D eigenvalue weighted by atomic mass is 10.2. The number of nitrogens with one attached hydrogen (secondary N) is 1. The van der Waals surface area contributed by atoms with Crippen LogP contribution in [-0.2, 0) is 0 Å². The molecule has 0 atom stereocenters. The first-order valence-electron chi connectivity index (χ1n) is 5.83. The van der Waals surface area contributed by atoms with Crippen molar-refractivity contribution in [2.24, 2.45) is 0 Å². The molecule has 2 aromatic carbocycles. The third-order valence-corrected chi connectivity index (χ3v) is 3.02. The lowest BCUT2D eigenvalue weighted by Gasteiger charge is -2.09. The smallest absolute Gasteiger partial charge is 0.395 e. The number of hydrogen-bond donors (Lipinski definition) is 1. The minimum Gasteiger partial charge on any atom is -0.395 e. The summed E-state index contributed by atoms with van der Waals surface area (Å²) in [5, 5.41) is 12.4. The predicted octanol–water partition coefficient (Wildman–Crippen LogP) is 4.28. The Bertz CT molecular complexity index is 759. The first kappa shape index (κ1) is 13.5. The zero-order valence-electron chi connectivity index (χ0n) is 10.4. The minimum atomic E-state index is -3.65. The molecular weight excluding hydrogens is 302 g/mol. The molecule has 2 aromatic rings. The van der Waals surface area contributed by atoms with E-state index in [0.717, 1.165) is 0 Å². The molecule has 0 saturated carbocycles. The molecule has 1 heterocycles. The maximum Gasteiger partial charge on any atom is 0.586 e. The van der Waals surface area contributed by atoms with E-state index in [-0.39, 0.29) is 11.5 Å². The Morgan fingerprint density at radius 1 is 1.10 bits per heavy atom. The van der Waals surface area contributed by atoms with E-state index < -0.39 is 6.29 Å². The lowest BCUT2D eigenvalue weighted by molar-refractivity contribution is -0.286. The number of ether oxygens (including phenoxy) is 2. The molecule has 0 amide bonds. The first-order chi connectivity index (χ1) is 9.97. The van der Waals surface area contributed by atoms with Gasteiger partial charge in [-0.05, 0) is 30.3 Å². The van der Waals surface area contributed by atoms with E-state index in [1.165, 1.54) is 18.2 Å². The van der Waals surface area contributed by atoms with Gasteiger partial charge >= 0.3 is 6.29 Å². The molecule has 0 radical (unpaired) electrons. The van der Waals surface area contributed by atoms with Crippen molar-refractivity contribution >= 4 is 23.0 Å². The number of alkyl halides is 2. The molecule has 106 valence electrons. The van der Waals surface area contributed by atoms with E-state index in [0.29, 0.717) is 22.0 Å². The fraction of sp³-hybridized carbons (Fsp3) is 0.0714. The first-order valence-corrected chi connectivity index (χ1v) is 6.21. The van der Waals surface area contributed by atoms with Crippen molar-refractivity contribution in [1.82, 2.24) is 0 Å². The minimum absolute atomic E-state index is 0.0397. The molecule has 0 spiro atoms. The highest BCUT2D eigenvalue weighted by Crippen LogP contribution is 2.42. The molecule has 21 heavy (non-hydrogen) atoms. The second-order valence-electron chi connectivity index (χ2n) is 4.26. The van der Waals surface area contributed by atoms with Gasteiger partial charge in [-0.2, -0.15) is 5.26 Å². The summed E-state index contributed by atoms with van der Waals surface area (Å²) in [5.74, 6) is -0.111. The molecule has 0 aromatic heterocycles. The lowest BCUT2D eigenvalue weighted by Crippen LogP contribution is -2.25. The van der Waals surface area contributed by atoms with Crippen molar-refractivity contribution in [3.8, 4) is 17.6 Å². The third kappa shape index (κ3) is 2.69. The van der Waals surface area contributed by atoms with Gasteiger partial charge in [0.15, 0.2) is 11.5 Å². The molecule has 3 rings (SSSR count). The molecule has 0 fully saturated rings. The third-order valence-electron chi connectivity index (χ3n) is 2.78. The number of anilines is 2. The summed E-state index contributed by atoms with van der Waals surface area (Å²) in [6, 6.07) is 11.0. The van der Waals surface area contributed by atoms with Gasteiger partial charge in [0.25, 0.3) is 0 Å². The number of fused-ring (bicyclic) bond motifs is 1. The van der Waals surface area contributed by atoms with Crippen LogP contribution in [0.5, 0.6) is 11.5 Å². The molecule has 0 saturated heterocycles. The molecule has 1 aliphatic rings. The van der Waals surface area contributed by atoms with Gasteiger partial charge in [0.1, 0.15) is 6.07 Å². The molecule has 1 aliphatic heterocycles. The van der Waals surface area contributed by atoms with Gasteiger partial charge in [-0.25, -0.2) is 0 Å². The summed E-state index contributed by atoms with van der Waals surface area (Å²) in [7, 11) is 0. The fourth-order valence-corrected chi connectivity index (χ4v) is 2.07. The van der Waals surface area contributed by atoms with Crippen molar-refractivity contribution < 1.29 is 18.3 Å². The van der Waals surface area contributed by atoms with Crippen LogP contribution >= 0.6 is 11.6 Å². The zero-order chi connectivity index (χ0) is 15.0. The molecule has 0 aliphatic carbocycles. The van der Waals surface area contributed by atoms with Gasteiger partial charge in [-0.15, -0.1) is 8.78 Å². The van der Waals surface area contributed by atoms with E-state index in [1.54, 1.807) is 18.2 Å². The second kappa shape index (κ2) is 4.79. The van der Waals surface area contributed by atoms with Gasteiger partial charge in [-0.3, -0.25) is 0 Å². The predicted molar refractivity (Wildman–Crippen MR) is 72.1 cm³/mol. The van der Waals surface area contributed by atoms with Gasteiger partial charge in [-0.1, -0.05) is 11.6 Å². The summed E-state index contributed by atoms with van der Waals surface area (Å²) >= 11 is 5.81. The maximum absolute atomic E-state index is 12.9. The van der Waals surface area contributed by atoms with Crippen LogP contribution in [0.25, 0.3) is 0 Å². The molecular formula is C14H7ClF2N2O2. The van der Waals surface area contributed by atoms with Crippen LogP contribution in [-0.4, -0.2) is 6.29 Å². The number of nitriles is 1. The Kier molecular flexibility index (Phi) is 3.07. The average molecular weight is 309 g/mol. The van der Waals surface area contributed by atoms with Crippen LogP contribution in [0.1, 0.15) is 5.56 Å². The number of halogens is 3. The number of hydrogen-bond acceptors (Lipinski definition) is 4. The van der Waals surface area contributed by atoms with Crippen molar-refractivity contribution in [3.05, 3.63) is 47.0 Å². The van der Waals surface area contributed by atoms with Gasteiger partial charge < -0.3 is 14.8 Å². The van der Waals surface area contributed by atoms with Gasteiger partial charge in [0.05, 0.1) is 11.3 Å². The summed E-state index contributed by atoms with van der Waals surface area (Å²) in [6.07, 6.45) is -3.65. The average Bonchev–Trinajstić information content (AvgIpc) is 2.74. The number of benzene rings is 2. The standard InChI is InChI=1S/C14H7ClF2N2O2/c15-9-1-3-11(8(5-9)7-18)19-10-2-4-12-13(6-10)21-14(16,17)20-12/h1-6,19H. The van der Waals surface area contributed by atoms with Crippen LogP contribution in [0.4, 0.5) is 20.2 Å². The number of nitrogens with zero attached hydrogens (tertiary/aromatic N) is 1. The topological polar surface area (TPSA) is 54.3 Å². The Labute approximate surface area is 123 Å². The van der Waals surface area contributed by atoms with Crippen LogP contribution in [0, 0.1) is 11.3 Å². The highest BCUT2D eigenvalue weighted by atomic mass is 35.5. The maximum atomic E-state index is 12.9. The van der Waals surface area contributed by atoms with Crippen LogP contribution in [0.15, 0.2) is 36.4 Å². The van der Waals surface area contributed by atoms with Gasteiger partial charge in [0.2, 0.25) is 0 Å². The zero-order valence-corrected chi connectivity index (χ0v) is 11.1. The Hall–Kier alpha value is -2.52. The number of rotatable bonds is 2. The van der Waals surface area contributed by atoms with E-state index in [1.807, 2.05) is 6.07 Å². The molecule has 0 bridgehead atoms. The molecule has 0 unspecified atom stereocenters. The van der Waals surface area contributed by atoms with Crippen molar-refractivity contribution in [1.29, 1.82) is 5.26 Å². The van der Waals surface area contributed by atoms with Crippen molar-refractivity contribution in [2.45, 2.75) is 6.29 Å². The van der Waals surface area contributed by atoms with Gasteiger partial charge in [0, 0.05) is 16.8 Å². The van der Waals surface area contributed by atoms with E-state index >= 15 is 0 Å².